The highest BCUT2D eigenvalue weighted by atomic mass is 16.5. The number of phenols is 1. The van der Waals surface area contributed by atoms with Gasteiger partial charge in [-0.2, -0.15) is 0 Å². The Kier molecular flexibility index (Phi) is 4.13. The third-order valence-corrected chi connectivity index (χ3v) is 2.22. The van der Waals surface area contributed by atoms with Gasteiger partial charge in [0.25, 0.3) is 0 Å². The molecule has 1 amide bonds. The molecule has 0 bridgehead atoms. The minimum atomic E-state index is -0.538. The van der Waals surface area contributed by atoms with Gasteiger partial charge in [-0.15, -0.1) is 0 Å². The van der Waals surface area contributed by atoms with Crippen molar-refractivity contribution in [3.8, 4) is 11.5 Å². The highest BCUT2D eigenvalue weighted by Crippen LogP contribution is 2.28. The summed E-state index contributed by atoms with van der Waals surface area (Å²) in [6.45, 7) is 1.83. The van der Waals surface area contributed by atoms with Gasteiger partial charge in [-0.05, 0) is 18.6 Å². The molecule has 0 aliphatic rings. The van der Waals surface area contributed by atoms with E-state index in [-0.39, 0.29) is 11.7 Å². The van der Waals surface area contributed by atoms with Gasteiger partial charge in [0.1, 0.15) is 0 Å². The molecule has 1 rings (SSSR count). The van der Waals surface area contributed by atoms with Gasteiger partial charge in [-0.25, -0.2) is 0 Å². The van der Waals surface area contributed by atoms with Crippen LogP contribution in [0.4, 0.5) is 5.69 Å². The second kappa shape index (κ2) is 5.37. The molecule has 1 atom stereocenters. The highest BCUT2D eigenvalue weighted by molar-refractivity contribution is 5.94. The number of methoxy groups -OCH3 is 1. The van der Waals surface area contributed by atoms with Crippen LogP contribution in [0.5, 0.6) is 11.5 Å². The third kappa shape index (κ3) is 2.87. The van der Waals surface area contributed by atoms with Gasteiger partial charge < -0.3 is 20.9 Å². The Hall–Kier alpha value is -1.75. The quantitative estimate of drug-likeness (QED) is 0.714. The Morgan fingerprint density at radius 1 is 1.62 bits per heavy atom. The van der Waals surface area contributed by atoms with Gasteiger partial charge in [0.05, 0.1) is 13.2 Å². The van der Waals surface area contributed by atoms with Crippen LogP contribution in [-0.4, -0.2) is 24.2 Å². The summed E-state index contributed by atoms with van der Waals surface area (Å²) < 4.78 is 4.89. The molecule has 88 valence electrons. The van der Waals surface area contributed by atoms with Crippen LogP contribution in [0.3, 0.4) is 0 Å². The fraction of sp³-hybridized carbons (Fsp3) is 0.364. The number of hydrogen-bond acceptors (Lipinski definition) is 4. The number of nitrogens with one attached hydrogen (secondary N) is 1. The van der Waals surface area contributed by atoms with E-state index in [9.17, 15) is 9.90 Å². The molecule has 4 N–H and O–H groups in total. The zero-order valence-corrected chi connectivity index (χ0v) is 9.36. The SMILES string of the molecule is CC[C@@H](N)C(=O)Nc1ccc(OC)c(O)c1. The lowest BCUT2D eigenvalue weighted by molar-refractivity contribution is -0.117. The number of nitrogens with two attached hydrogens (primary N) is 1. The average Bonchev–Trinajstić information content (AvgIpc) is 2.28. The van der Waals surface area contributed by atoms with Crippen molar-refractivity contribution in [1.29, 1.82) is 0 Å². The van der Waals surface area contributed by atoms with E-state index in [1.54, 1.807) is 12.1 Å². The zero-order valence-electron chi connectivity index (χ0n) is 9.36. The molecule has 1 aromatic rings. The van der Waals surface area contributed by atoms with Gasteiger partial charge in [0.15, 0.2) is 11.5 Å². The summed E-state index contributed by atoms with van der Waals surface area (Å²) in [6, 6.07) is 4.09. The van der Waals surface area contributed by atoms with Crippen molar-refractivity contribution in [3.05, 3.63) is 18.2 Å². The molecular formula is C11H16N2O3. The van der Waals surface area contributed by atoms with Gasteiger partial charge in [-0.3, -0.25) is 4.79 Å². The number of aromatic hydroxyl groups is 1. The highest BCUT2D eigenvalue weighted by Gasteiger charge is 2.11. The average molecular weight is 224 g/mol. The van der Waals surface area contributed by atoms with Crippen LogP contribution in [-0.2, 0) is 4.79 Å². The number of amides is 1. The van der Waals surface area contributed by atoms with Gasteiger partial charge >= 0.3 is 0 Å². The Labute approximate surface area is 94.2 Å². The molecule has 0 aliphatic carbocycles. The first-order valence-electron chi connectivity index (χ1n) is 5.02. The lowest BCUT2D eigenvalue weighted by atomic mass is 10.2. The maximum atomic E-state index is 11.5. The molecule has 5 nitrogen and oxygen atoms in total. The molecule has 0 heterocycles. The molecule has 1 aromatic carbocycles. The van der Waals surface area contributed by atoms with Gasteiger partial charge in [-0.1, -0.05) is 6.92 Å². The van der Waals surface area contributed by atoms with E-state index in [0.717, 1.165) is 0 Å². The fourth-order valence-electron chi connectivity index (χ4n) is 1.19. The predicted octanol–water partition coefficient (Wildman–Crippen LogP) is 1.08. The number of anilines is 1. The lowest BCUT2D eigenvalue weighted by Gasteiger charge is -2.11. The minimum absolute atomic E-state index is 0.0228. The molecule has 0 aromatic heterocycles. The van der Waals surface area contributed by atoms with E-state index < -0.39 is 6.04 Å². The minimum Gasteiger partial charge on any atom is -0.504 e. The summed E-state index contributed by atoms with van der Waals surface area (Å²) >= 11 is 0. The van der Waals surface area contributed by atoms with Crippen LogP contribution in [0.15, 0.2) is 18.2 Å². The Balaban J connectivity index is 2.75. The molecule has 5 heteroatoms. The summed E-state index contributed by atoms with van der Waals surface area (Å²) in [5.41, 5.74) is 6.05. The normalized spacial score (nSPS) is 11.9. The van der Waals surface area contributed by atoms with Crippen molar-refractivity contribution in [2.45, 2.75) is 19.4 Å². The van der Waals surface area contributed by atoms with Crippen molar-refractivity contribution in [3.63, 3.8) is 0 Å². The molecule has 0 fully saturated rings. The first-order valence-corrected chi connectivity index (χ1v) is 5.02. The second-order valence-electron chi connectivity index (χ2n) is 3.39. The molecule has 0 unspecified atom stereocenters. The maximum absolute atomic E-state index is 11.5. The number of rotatable bonds is 4. The first kappa shape index (κ1) is 12.3. The molecule has 0 radical (unpaired) electrons. The maximum Gasteiger partial charge on any atom is 0.241 e. The van der Waals surface area contributed by atoms with Gasteiger partial charge in [0, 0.05) is 11.8 Å². The van der Waals surface area contributed by atoms with E-state index in [2.05, 4.69) is 5.32 Å². The van der Waals surface area contributed by atoms with E-state index >= 15 is 0 Å². The number of phenolic OH excluding ortho intramolecular Hbond substituents is 1. The van der Waals surface area contributed by atoms with Crippen LogP contribution in [0.2, 0.25) is 0 Å². The summed E-state index contributed by atoms with van der Waals surface area (Å²) in [6.07, 6.45) is 0.563. The van der Waals surface area contributed by atoms with Crippen molar-refractivity contribution >= 4 is 11.6 Å². The standard InChI is InChI=1S/C11H16N2O3/c1-3-8(12)11(15)13-7-4-5-10(16-2)9(14)6-7/h4-6,8,14H,3,12H2,1-2H3,(H,13,15)/t8-/m1/s1. The van der Waals surface area contributed by atoms with E-state index in [1.807, 2.05) is 6.92 Å². The molecule has 0 spiro atoms. The smallest absolute Gasteiger partial charge is 0.241 e. The largest absolute Gasteiger partial charge is 0.504 e. The van der Waals surface area contributed by atoms with Crippen LogP contribution in [0, 0.1) is 0 Å². The van der Waals surface area contributed by atoms with Crippen molar-refractivity contribution < 1.29 is 14.6 Å². The third-order valence-electron chi connectivity index (χ3n) is 2.22. The number of carbonyl (C=O) groups is 1. The lowest BCUT2D eigenvalue weighted by Crippen LogP contribution is -2.34. The molecular weight excluding hydrogens is 208 g/mol. The van der Waals surface area contributed by atoms with Crippen LogP contribution in [0.25, 0.3) is 0 Å². The zero-order chi connectivity index (χ0) is 12.1. The molecule has 16 heavy (non-hydrogen) atoms. The Morgan fingerprint density at radius 2 is 2.31 bits per heavy atom. The first-order chi connectivity index (χ1) is 7.58. The fourth-order valence-corrected chi connectivity index (χ4v) is 1.19. The van der Waals surface area contributed by atoms with E-state index in [4.69, 9.17) is 10.5 Å². The Morgan fingerprint density at radius 3 is 2.81 bits per heavy atom. The predicted molar refractivity (Wildman–Crippen MR) is 61.6 cm³/mol. The van der Waals surface area contributed by atoms with Crippen molar-refractivity contribution in [2.24, 2.45) is 5.73 Å². The summed E-state index contributed by atoms with van der Waals surface area (Å²) in [5, 5.41) is 12.1. The Bertz CT molecular complexity index is 379. The number of benzene rings is 1. The summed E-state index contributed by atoms with van der Waals surface area (Å²) in [4.78, 5) is 11.5. The number of carbonyl (C=O) groups excluding carboxylic acids is 1. The molecule has 0 saturated heterocycles. The molecule has 0 saturated carbocycles. The molecule has 0 aliphatic heterocycles. The van der Waals surface area contributed by atoms with Crippen LogP contribution >= 0.6 is 0 Å². The topological polar surface area (TPSA) is 84.6 Å². The van der Waals surface area contributed by atoms with Crippen LogP contribution < -0.4 is 15.8 Å². The number of hydrogen-bond donors (Lipinski definition) is 3. The van der Waals surface area contributed by atoms with Crippen molar-refractivity contribution in [2.75, 3.05) is 12.4 Å². The summed E-state index contributed by atoms with van der Waals surface area (Å²) in [5.74, 6) is 0.0650. The van der Waals surface area contributed by atoms with E-state index in [0.29, 0.717) is 17.9 Å². The second-order valence-corrected chi connectivity index (χ2v) is 3.39. The number of ether oxygens (including phenoxy) is 1. The van der Waals surface area contributed by atoms with E-state index in [1.165, 1.54) is 13.2 Å². The van der Waals surface area contributed by atoms with Gasteiger partial charge in [0.2, 0.25) is 5.91 Å². The summed E-state index contributed by atoms with van der Waals surface area (Å²) in [7, 11) is 1.46. The van der Waals surface area contributed by atoms with Crippen molar-refractivity contribution in [1.82, 2.24) is 0 Å². The monoisotopic (exact) mass is 224 g/mol. The van der Waals surface area contributed by atoms with Crippen LogP contribution in [0.1, 0.15) is 13.3 Å².